The highest BCUT2D eigenvalue weighted by molar-refractivity contribution is 7.99. The Morgan fingerprint density at radius 3 is 2.83 bits per heavy atom. The van der Waals surface area contributed by atoms with Crippen LogP contribution in [0.4, 0.5) is 0 Å². The van der Waals surface area contributed by atoms with E-state index in [9.17, 15) is 0 Å². The van der Waals surface area contributed by atoms with E-state index in [2.05, 4.69) is 13.0 Å². The van der Waals surface area contributed by atoms with Gasteiger partial charge >= 0.3 is 0 Å². The summed E-state index contributed by atoms with van der Waals surface area (Å²) in [6, 6.07) is 12.2. The Morgan fingerprint density at radius 1 is 1.39 bits per heavy atom. The molecule has 0 radical (unpaired) electrons. The van der Waals surface area contributed by atoms with Gasteiger partial charge in [-0.2, -0.15) is 17.0 Å². The third kappa shape index (κ3) is 3.30. The number of nitriles is 1. The van der Waals surface area contributed by atoms with E-state index in [4.69, 9.17) is 10.00 Å². The monoisotopic (exact) mass is 259 g/mol. The number of thioether (sulfide) groups is 1. The van der Waals surface area contributed by atoms with Crippen LogP contribution in [0.1, 0.15) is 19.8 Å². The van der Waals surface area contributed by atoms with E-state index in [0.717, 1.165) is 29.9 Å². The molecule has 0 saturated heterocycles. The fraction of sp³-hybridized carbons (Fsp3) is 0.400. The molecule has 0 N–H and O–H groups in total. The second-order valence-electron chi connectivity index (χ2n) is 4.24. The minimum atomic E-state index is 0.175. The van der Waals surface area contributed by atoms with Gasteiger partial charge in [-0.05, 0) is 24.3 Å². The highest BCUT2D eigenvalue weighted by atomic mass is 32.2. The molecular weight excluding hydrogens is 242 g/mol. The summed E-state index contributed by atoms with van der Waals surface area (Å²) in [7, 11) is 0. The molecular formula is C15H17NOS. The maximum atomic E-state index is 8.98. The van der Waals surface area contributed by atoms with E-state index < -0.39 is 0 Å². The van der Waals surface area contributed by atoms with Crippen LogP contribution in [0.25, 0.3) is 0 Å². The summed E-state index contributed by atoms with van der Waals surface area (Å²) in [4.78, 5) is 0. The zero-order valence-corrected chi connectivity index (χ0v) is 11.3. The molecule has 0 spiro atoms. The van der Waals surface area contributed by atoms with Crippen molar-refractivity contribution in [2.75, 3.05) is 5.75 Å². The van der Waals surface area contributed by atoms with Crippen LogP contribution in [-0.2, 0) is 0 Å². The lowest BCUT2D eigenvalue weighted by atomic mass is 9.97. The van der Waals surface area contributed by atoms with E-state index >= 15 is 0 Å². The predicted octanol–water partition coefficient (Wildman–Crippen LogP) is 3.80. The topological polar surface area (TPSA) is 33.0 Å². The molecule has 94 valence electrons. The number of para-hydroxylation sites is 1. The van der Waals surface area contributed by atoms with Crippen LogP contribution in [0.2, 0.25) is 0 Å². The standard InChI is InChI=1S/C15H17NOS/c1-2-18-15-10-12(11-16)8-9-14(15)17-13-6-4-3-5-7-13/h3-8,14-15H,2,9-10H2,1H3/t14-,15-/m0/s1. The Hall–Kier alpha value is -1.40. The van der Waals surface area contributed by atoms with Crippen molar-refractivity contribution in [2.45, 2.75) is 31.1 Å². The van der Waals surface area contributed by atoms with Crippen molar-refractivity contribution in [1.29, 1.82) is 5.26 Å². The van der Waals surface area contributed by atoms with Crippen molar-refractivity contribution >= 4 is 11.8 Å². The van der Waals surface area contributed by atoms with Crippen LogP contribution >= 0.6 is 11.8 Å². The zero-order chi connectivity index (χ0) is 12.8. The van der Waals surface area contributed by atoms with Gasteiger partial charge in [0.25, 0.3) is 0 Å². The highest BCUT2D eigenvalue weighted by Gasteiger charge is 2.27. The maximum Gasteiger partial charge on any atom is 0.119 e. The van der Waals surface area contributed by atoms with Crippen LogP contribution in [0, 0.1) is 11.3 Å². The summed E-state index contributed by atoms with van der Waals surface area (Å²) in [5.41, 5.74) is 0.897. The molecule has 1 aromatic carbocycles. The van der Waals surface area contributed by atoms with E-state index in [0.29, 0.717) is 5.25 Å². The normalized spacial score (nSPS) is 23.0. The molecule has 0 heterocycles. The predicted molar refractivity (Wildman–Crippen MR) is 75.7 cm³/mol. The SMILES string of the molecule is CCS[C@H]1CC(C#N)=CC[C@@H]1Oc1ccccc1. The van der Waals surface area contributed by atoms with Gasteiger partial charge in [0.15, 0.2) is 0 Å². The summed E-state index contributed by atoms with van der Waals surface area (Å²) in [5.74, 6) is 1.97. The first-order valence-electron chi connectivity index (χ1n) is 6.26. The molecule has 2 rings (SSSR count). The third-order valence-corrected chi connectivity index (χ3v) is 4.22. The Labute approximate surface area is 113 Å². The number of ether oxygens (including phenoxy) is 1. The maximum absolute atomic E-state index is 8.98. The molecule has 0 bridgehead atoms. The summed E-state index contributed by atoms with van der Waals surface area (Å²) >= 11 is 1.88. The molecule has 3 heteroatoms. The lowest BCUT2D eigenvalue weighted by Crippen LogP contribution is -2.32. The number of allylic oxidation sites excluding steroid dienone is 1. The molecule has 2 nitrogen and oxygen atoms in total. The molecule has 0 fully saturated rings. The van der Waals surface area contributed by atoms with Crippen LogP contribution in [0.3, 0.4) is 0 Å². The highest BCUT2D eigenvalue weighted by Crippen LogP contribution is 2.31. The molecule has 0 saturated carbocycles. The van der Waals surface area contributed by atoms with Gasteiger partial charge in [0.1, 0.15) is 11.9 Å². The first kappa shape index (κ1) is 13.0. The second kappa shape index (κ2) is 6.51. The molecule has 0 aromatic heterocycles. The lowest BCUT2D eigenvalue weighted by molar-refractivity contribution is 0.196. The van der Waals surface area contributed by atoms with E-state index in [-0.39, 0.29) is 6.10 Å². The van der Waals surface area contributed by atoms with Gasteiger partial charge < -0.3 is 4.74 Å². The van der Waals surface area contributed by atoms with Gasteiger partial charge in [0, 0.05) is 17.2 Å². The van der Waals surface area contributed by atoms with E-state index in [1.165, 1.54) is 0 Å². The Kier molecular flexibility index (Phi) is 4.72. The van der Waals surface area contributed by atoms with Crippen molar-refractivity contribution < 1.29 is 4.74 Å². The molecule has 0 aliphatic heterocycles. The molecule has 1 aliphatic carbocycles. The minimum Gasteiger partial charge on any atom is -0.489 e. The van der Waals surface area contributed by atoms with Crippen molar-refractivity contribution in [2.24, 2.45) is 0 Å². The number of nitrogens with zero attached hydrogens (tertiary/aromatic N) is 1. The van der Waals surface area contributed by atoms with Gasteiger partial charge in [0.2, 0.25) is 0 Å². The van der Waals surface area contributed by atoms with Crippen molar-refractivity contribution in [3.8, 4) is 11.8 Å². The smallest absolute Gasteiger partial charge is 0.119 e. The minimum absolute atomic E-state index is 0.175. The molecule has 0 amide bonds. The molecule has 0 unspecified atom stereocenters. The summed E-state index contributed by atoms with van der Waals surface area (Å²) < 4.78 is 6.04. The Morgan fingerprint density at radius 2 is 2.17 bits per heavy atom. The fourth-order valence-electron chi connectivity index (χ4n) is 2.11. The fourth-order valence-corrected chi connectivity index (χ4v) is 3.22. The van der Waals surface area contributed by atoms with Crippen LogP contribution < -0.4 is 4.74 Å². The van der Waals surface area contributed by atoms with E-state index in [1.54, 1.807) is 0 Å². The van der Waals surface area contributed by atoms with Gasteiger partial charge in [-0.25, -0.2) is 0 Å². The third-order valence-electron chi connectivity index (χ3n) is 2.99. The number of rotatable bonds is 4. The average molecular weight is 259 g/mol. The number of benzene rings is 1. The number of hydrogen-bond donors (Lipinski definition) is 0. The van der Waals surface area contributed by atoms with Crippen molar-refractivity contribution in [1.82, 2.24) is 0 Å². The zero-order valence-electron chi connectivity index (χ0n) is 10.5. The first-order valence-corrected chi connectivity index (χ1v) is 7.30. The average Bonchev–Trinajstić information content (AvgIpc) is 2.42. The van der Waals surface area contributed by atoms with Crippen LogP contribution in [-0.4, -0.2) is 17.1 Å². The molecule has 18 heavy (non-hydrogen) atoms. The lowest BCUT2D eigenvalue weighted by Gasteiger charge is -2.29. The summed E-state index contributed by atoms with van der Waals surface area (Å²) in [6.07, 6.45) is 3.84. The van der Waals surface area contributed by atoms with Gasteiger partial charge in [-0.15, -0.1) is 0 Å². The largest absolute Gasteiger partial charge is 0.489 e. The first-order chi connectivity index (χ1) is 8.83. The summed E-state index contributed by atoms with van der Waals surface area (Å²) in [6.45, 7) is 2.15. The van der Waals surface area contributed by atoms with E-state index in [1.807, 2.05) is 48.2 Å². The molecule has 1 aliphatic rings. The van der Waals surface area contributed by atoms with Gasteiger partial charge in [-0.3, -0.25) is 0 Å². The second-order valence-corrected chi connectivity index (χ2v) is 5.76. The van der Waals surface area contributed by atoms with Crippen LogP contribution in [0.5, 0.6) is 5.75 Å². The molecule has 1 aromatic rings. The quantitative estimate of drug-likeness (QED) is 0.824. The van der Waals surface area contributed by atoms with Gasteiger partial charge in [-0.1, -0.05) is 31.2 Å². The Balaban J connectivity index is 2.06. The van der Waals surface area contributed by atoms with Gasteiger partial charge in [0.05, 0.1) is 6.07 Å². The van der Waals surface area contributed by atoms with Crippen LogP contribution in [0.15, 0.2) is 42.0 Å². The van der Waals surface area contributed by atoms with Crippen molar-refractivity contribution in [3.05, 3.63) is 42.0 Å². The number of hydrogen-bond acceptors (Lipinski definition) is 3. The van der Waals surface area contributed by atoms with Crippen molar-refractivity contribution in [3.63, 3.8) is 0 Å². The molecule has 2 atom stereocenters. The Bertz CT molecular complexity index is 449. The summed E-state index contributed by atoms with van der Waals surface area (Å²) in [5, 5.41) is 9.37.